The van der Waals surface area contributed by atoms with Crippen LogP contribution in [0.1, 0.15) is 20.8 Å². The minimum absolute atomic E-state index is 0.0519. The van der Waals surface area contributed by atoms with Crippen LogP contribution in [0.25, 0.3) is 0 Å². The highest BCUT2D eigenvalue weighted by atomic mass is 16.5. The average molecular weight is 231 g/mol. The molecule has 6 nitrogen and oxygen atoms in total. The Morgan fingerprint density at radius 3 is 2.25 bits per heavy atom. The summed E-state index contributed by atoms with van der Waals surface area (Å²) in [6.07, 6.45) is 0. The van der Waals surface area contributed by atoms with Crippen LogP contribution in [-0.2, 0) is 19.1 Å². The van der Waals surface area contributed by atoms with Crippen LogP contribution >= 0.6 is 0 Å². The number of nitrogens with zero attached hydrogens (tertiary/aromatic N) is 1. The lowest BCUT2D eigenvalue weighted by atomic mass is 9.90. The lowest BCUT2D eigenvalue weighted by molar-refractivity contribution is -0.145. The Kier molecular flexibility index (Phi) is 5.66. The van der Waals surface area contributed by atoms with Gasteiger partial charge in [-0.15, -0.1) is 0 Å². The second-order valence-electron chi connectivity index (χ2n) is 4.45. The third-order valence-corrected chi connectivity index (χ3v) is 1.89. The Morgan fingerprint density at radius 2 is 1.88 bits per heavy atom. The van der Waals surface area contributed by atoms with Gasteiger partial charge in [0.1, 0.15) is 6.73 Å². The highest BCUT2D eigenvalue weighted by Crippen LogP contribution is 2.15. The summed E-state index contributed by atoms with van der Waals surface area (Å²) < 4.78 is 4.44. The molecule has 92 valence electrons. The molecular weight excluding hydrogens is 214 g/mol. The SMILES string of the molecule is CC(C)(C)C(=O)CN(COC=O)CC(=O)O. The molecule has 0 radical (unpaired) electrons. The van der Waals surface area contributed by atoms with Gasteiger partial charge in [0, 0.05) is 5.41 Å². The van der Waals surface area contributed by atoms with Crippen LogP contribution in [0, 0.1) is 5.41 Å². The van der Waals surface area contributed by atoms with Gasteiger partial charge in [0.25, 0.3) is 6.47 Å². The molecule has 0 saturated carbocycles. The van der Waals surface area contributed by atoms with Crippen molar-refractivity contribution < 1.29 is 24.2 Å². The highest BCUT2D eigenvalue weighted by molar-refractivity contribution is 5.85. The van der Waals surface area contributed by atoms with E-state index in [0.717, 1.165) is 0 Å². The van der Waals surface area contributed by atoms with Crippen molar-refractivity contribution in [1.82, 2.24) is 4.90 Å². The average Bonchev–Trinajstić information content (AvgIpc) is 2.11. The summed E-state index contributed by atoms with van der Waals surface area (Å²) in [6.45, 7) is 4.87. The second kappa shape index (κ2) is 6.22. The molecule has 0 bridgehead atoms. The third-order valence-electron chi connectivity index (χ3n) is 1.89. The molecule has 0 aromatic rings. The summed E-state index contributed by atoms with van der Waals surface area (Å²) in [4.78, 5) is 33.4. The number of hydrogen-bond donors (Lipinski definition) is 1. The highest BCUT2D eigenvalue weighted by Gasteiger charge is 2.24. The fraction of sp³-hybridized carbons (Fsp3) is 0.700. The molecule has 0 aliphatic heterocycles. The quantitative estimate of drug-likeness (QED) is 0.495. The van der Waals surface area contributed by atoms with Crippen molar-refractivity contribution in [1.29, 1.82) is 0 Å². The van der Waals surface area contributed by atoms with Crippen LogP contribution in [0.5, 0.6) is 0 Å². The van der Waals surface area contributed by atoms with Crippen molar-refractivity contribution in [3.8, 4) is 0 Å². The largest absolute Gasteiger partial charge is 0.480 e. The second-order valence-corrected chi connectivity index (χ2v) is 4.45. The predicted octanol–water partition coefficient (Wildman–Crippen LogP) is 0.119. The third kappa shape index (κ3) is 6.13. The normalized spacial score (nSPS) is 11.2. The first-order valence-corrected chi connectivity index (χ1v) is 4.80. The summed E-state index contributed by atoms with van der Waals surface area (Å²) in [7, 11) is 0. The van der Waals surface area contributed by atoms with Crippen molar-refractivity contribution in [3.63, 3.8) is 0 Å². The zero-order valence-electron chi connectivity index (χ0n) is 9.73. The number of carbonyl (C=O) groups is 3. The van der Waals surface area contributed by atoms with Gasteiger partial charge in [-0.05, 0) is 0 Å². The van der Waals surface area contributed by atoms with Crippen molar-refractivity contribution in [2.45, 2.75) is 20.8 Å². The number of aliphatic carboxylic acids is 1. The first-order valence-electron chi connectivity index (χ1n) is 4.80. The maximum Gasteiger partial charge on any atom is 0.317 e. The molecule has 0 aromatic heterocycles. The van der Waals surface area contributed by atoms with E-state index in [-0.39, 0.29) is 32.1 Å². The lowest BCUT2D eigenvalue weighted by Crippen LogP contribution is -2.39. The van der Waals surface area contributed by atoms with E-state index in [1.165, 1.54) is 4.90 Å². The summed E-state index contributed by atoms with van der Waals surface area (Å²) in [5.41, 5.74) is -0.544. The Morgan fingerprint density at radius 1 is 1.31 bits per heavy atom. The van der Waals surface area contributed by atoms with E-state index in [1.807, 2.05) is 0 Å². The maximum absolute atomic E-state index is 11.6. The molecule has 0 aliphatic carbocycles. The first kappa shape index (κ1) is 14.6. The van der Waals surface area contributed by atoms with Crippen LogP contribution in [0.2, 0.25) is 0 Å². The summed E-state index contributed by atoms with van der Waals surface area (Å²) >= 11 is 0. The van der Waals surface area contributed by atoms with Crippen LogP contribution in [-0.4, -0.2) is 48.1 Å². The number of Topliss-reactive ketones (excluding diaryl/α,β-unsaturated/α-hetero) is 1. The fourth-order valence-electron chi connectivity index (χ4n) is 0.915. The van der Waals surface area contributed by atoms with Crippen LogP contribution in [0.4, 0.5) is 0 Å². The molecule has 0 amide bonds. The van der Waals surface area contributed by atoms with Gasteiger partial charge in [0.2, 0.25) is 0 Å². The van der Waals surface area contributed by atoms with Gasteiger partial charge in [0.05, 0.1) is 13.1 Å². The number of carboxylic acid groups (broad SMARTS) is 1. The number of ether oxygens (including phenoxy) is 1. The molecule has 0 heterocycles. The summed E-state index contributed by atoms with van der Waals surface area (Å²) in [6, 6.07) is 0. The summed E-state index contributed by atoms with van der Waals surface area (Å²) in [5, 5.41) is 8.60. The minimum atomic E-state index is -1.07. The molecule has 0 aliphatic rings. The Bertz CT molecular complexity index is 269. The van der Waals surface area contributed by atoms with Crippen molar-refractivity contribution in [3.05, 3.63) is 0 Å². The molecule has 6 heteroatoms. The van der Waals surface area contributed by atoms with E-state index in [9.17, 15) is 14.4 Å². The molecule has 0 unspecified atom stereocenters. The van der Waals surface area contributed by atoms with E-state index >= 15 is 0 Å². The molecular formula is C10H17NO5. The van der Waals surface area contributed by atoms with Gasteiger partial charge in [-0.3, -0.25) is 19.3 Å². The molecule has 0 spiro atoms. The first-order chi connectivity index (χ1) is 7.27. The van der Waals surface area contributed by atoms with Crippen molar-refractivity contribution >= 4 is 18.2 Å². The van der Waals surface area contributed by atoms with E-state index < -0.39 is 11.4 Å². The van der Waals surface area contributed by atoms with Crippen molar-refractivity contribution in [2.75, 3.05) is 19.8 Å². The van der Waals surface area contributed by atoms with Gasteiger partial charge in [0.15, 0.2) is 5.78 Å². The number of ketones is 1. The molecule has 0 fully saturated rings. The van der Waals surface area contributed by atoms with Crippen molar-refractivity contribution in [2.24, 2.45) is 5.41 Å². The Balaban J connectivity index is 4.35. The van der Waals surface area contributed by atoms with Gasteiger partial charge < -0.3 is 9.84 Å². The Hall–Kier alpha value is -1.43. The lowest BCUT2D eigenvalue weighted by Gasteiger charge is -2.23. The zero-order valence-corrected chi connectivity index (χ0v) is 9.73. The van der Waals surface area contributed by atoms with E-state index in [1.54, 1.807) is 20.8 Å². The molecule has 16 heavy (non-hydrogen) atoms. The summed E-state index contributed by atoms with van der Waals surface area (Å²) in [5.74, 6) is -1.18. The van der Waals surface area contributed by atoms with Crippen LogP contribution in [0.15, 0.2) is 0 Å². The van der Waals surface area contributed by atoms with Crippen LogP contribution in [0.3, 0.4) is 0 Å². The van der Waals surface area contributed by atoms with E-state index in [2.05, 4.69) is 4.74 Å². The standard InChI is InChI=1S/C10H17NO5/c1-10(2,3)8(13)4-11(5-9(14)15)6-16-7-12/h7H,4-6H2,1-3H3,(H,14,15). The number of carboxylic acids is 1. The topological polar surface area (TPSA) is 83.9 Å². The van der Waals surface area contributed by atoms with Crippen LogP contribution < -0.4 is 0 Å². The number of rotatable bonds is 7. The molecule has 1 N–H and O–H groups in total. The Labute approximate surface area is 94.2 Å². The smallest absolute Gasteiger partial charge is 0.317 e. The van der Waals surface area contributed by atoms with Gasteiger partial charge >= 0.3 is 5.97 Å². The molecule has 0 aromatic carbocycles. The van der Waals surface area contributed by atoms with Gasteiger partial charge in [-0.25, -0.2) is 0 Å². The minimum Gasteiger partial charge on any atom is -0.480 e. The molecule has 0 atom stereocenters. The molecule has 0 rings (SSSR count). The maximum atomic E-state index is 11.6. The van der Waals surface area contributed by atoms with E-state index in [4.69, 9.17) is 5.11 Å². The van der Waals surface area contributed by atoms with Gasteiger partial charge in [-0.2, -0.15) is 0 Å². The molecule has 0 saturated heterocycles. The number of carbonyl (C=O) groups excluding carboxylic acids is 2. The van der Waals surface area contributed by atoms with Gasteiger partial charge in [-0.1, -0.05) is 20.8 Å². The zero-order chi connectivity index (χ0) is 12.8. The van der Waals surface area contributed by atoms with E-state index in [0.29, 0.717) is 0 Å². The monoisotopic (exact) mass is 231 g/mol. The fourth-order valence-corrected chi connectivity index (χ4v) is 0.915. The number of hydrogen-bond acceptors (Lipinski definition) is 5. The predicted molar refractivity (Wildman–Crippen MR) is 55.7 cm³/mol.